The molecule has 0 spiro atoms. The lowest BCUT2D eigenvalue weighted by Crippen LogP contribution is -2.34. The van der Waals surface area contributed by atoms with Gasteiger partial charge >= 0.3 is 0 Å². The summed E-state index contributed by atoms with van der Waals surface area (Å²) < 4.78 is 2.05. The van der Waals surface area contributed by atoms with Gasteiger partial charge in [-0.15, -0.1) is 0 Å². The Balaban J connectivity index is 2.02. The SMILES string of the molecule is CCCn1cc(C(CN)N2CCCC(CC)CC2)cn1. The van der Waals surface area contributed by atoms with Gasteiger partial charge in [0.2, 0.25) is 0 Å². The van der Waals surface area contributed by atoms with Crippen LogP contribution in [0.25, 0.3) is 0 Å². The van der Waals surface area contributed by atoms with Crippen molar-refractivity contribution in [2.24, 2.45) is 11.7 Å². The fourth-order valence-corrected chi connectivity index (χ4v) is 3.31. The van der Waals surface area contributed by atoms with E-state index >= 15 is 0 Å². The third-order valence-corrected chi connectivity index (χ3v) is 4.61. The second kappa shape index (κ2) is 7.79. The minimum absolute atomic E-state index is 0.344. The van der Waals surface area contributed by atoms with E-state index in [-0.39, 0.29) is 0 Å². The van der Waals surface area contributed by atoms with Crippen molar-refractivity contribution < 1.29 is 0 Å². The summed E-state index contributed by atoms with van der Waals surface area (Å²) in [6, 6.07) is 0.344. The second-order valence-corrected chi connectivity index (χ2v) is 6.03. The molecular weight excluding hydrogens is 248 g/mol. The fourth-order valence-electron chi connectivity index (χ4n) is 3.31. The molecule has 1 saturated heterocycles. The Morgan fingerprint density at radius 3 is 2.90 bits per heavy atom. The molecule has 0 aliphatic carbocycles. The Bertz CT molecular complexity index is 388. The Hall–Kier alpha value is -0.870. The Morgan fingerprint density at radius 2 is 2.20 bits per heavy atom. The number of aromatic nitrogens is 2. The van der Waals surface area contributed by atoms with Gasteiger partial charge in [-0.25, -0.2) is 0 Å². The zero-order valence-electron chi connectivity index (χ0n) is 13.1. The molecule has 4 heteroatoms. The van der Waals surface area contributed by atoms with Crippen molar-refractivity contribution >= 4 is 0 Å². The summed E-state index contributed by atoms with van der Waals surface area (Å²) >= 11 is 0. The van der Waals surface area contributed by atoms with Crippen molar-refractivity contribution in [3.63, 3.8) is 0 Å². The lowest BCUT2D eigenvalue weighted by Gasteiger charge is -2.29. The normalized spacial score (nSPS) is 22.6. The molecule has 0 radical (unpaired) electrons. The number of hydrogen-bond donors (Lipinski definition) is 1. The van der Waals surface area contributed by atoms with Crippen molar-refractivity contribution in [3.8, 4) is 0 Å². The van der Waals surface area contributed by atoms with E-state index in [1.54, 1.807) is 0 Å². The summed E-state index contributed by atoms with van der Waals surface area (Å²) in [5.74, 6) is 0.904. The van der Waals surface area contributed by atoms with Crippen molar-refractivity contribution in [1.29, 1.82) is 0 Å². The average molecular weight is 278 g/mol. The summed E-state index contributed by atoms with van der Waals surface area (Å²) in [6.45, 7) is 8.54. The number of likely N-dealkylation sites (tertiary alicyclic amines) is 1. The van der Waals surface area contributed by atoms with Crippen LogP contribution in [0.1, 0.15) is 57.6 Å². The highest BCUT2D eigenvalue weighted by molar-refractivity contribution is 5.11. The van der Waals surface area contributed by atoms with Gasteiger partial charge in [0, 0.05) is 24.8 Å². The molecule has 1 aliphatic heterocycles. The Labute approximate surface area is 123 Å². The first kappa shape index (κ1) is 15.5. The maximum atomic E-state index is 6.06. The molecule has 1 aromatic rings. The zero-order valence-corrected chi connectivity index (χ0v) is 13.1. The van der Waals surface area contributed by atoms with Crippen LogP contribution in [-0.2, 0) is 6.54 Å². The van der Waals surface area contributed by atoms with Crippen LogP contribution in [0.3, 0.4) is 0 Å². The van der Waals surface area contributed by atoms with E-state index in [1.165, 1.54) is 44.3 Å². The monoisotopic (exact) mass is 278 g/mol. The third-order valence-electron chi connectivity index (χ3n) is 4.61. The molecule has 2 atom stereocenters. The van der Waals surface area contributed by atoms with Gasteiger partial charge in [0.1, 0.15) is 0 Å². The summed E-state index contributed by atoms with van der Waals surface area (Å²) in [5, 5.41) is 4.46. The average Bonchev–Trinajstić information content (AvgIpc) is 2.78. The van der Waals surface area contributed by atoms with Crippen LogP contribution in [0.15, 0.2) is 12.4 Å². The smallest absolute Gasteiger partial charge is 0.0538 e. The fraction of sp³-hybridized carbons (Fsp3) is 0.812. The van der Waals surface area contributed by atoms with Crippen molar-refractivity contribution in [3.05, 3.63) is 18.0 Å². The van der Waals surface area contributed by atoms with Crippen LogP contribution in [0.4, 0.5) is 0 Å². The minimum atomic E-state index is 0.344. The molecule has 1 fully saturated rings. The van der Waals surface area contributed by atoms with Gasteiger partial charge in [0.15, 0.2) is 0 Å². The van der Waals surface area contributed by atoms with Crippen LogP contribution in [0.2, 0.25) is 0 Å². The van der Waals surface area contributed by atoms with E-state index in [2.05, 4.69) is 30.0 Å². The molecule has 114 valence electrons. The maximum absolute atomic E-state index is 6.06. The summed E-state index contributed by atoms with van der Waals surface area (Å²) in [5.41, 5.74) is 7.35. The van der Waals surface area contributed by atoms with Crippen LogP contribution in [0.5, 0.6) is 0 Å². The van der Waals surface area contributed by atoms with E-state index in [0.29, 0.717) is 12.6 Å². The lowest BCUT2D eigenvalue weighted by molar-refractivity contribution is 0.206. The molecule has 2 heterocycles. The van der Waals surface area contributed by atoms with E-state index in [0.717, 1.165) is 18.9 Å². The van der Waals surface area contributed by atoms with E-state index in [4.69, 9.17) is 5.73 Å². The summed E-state index contributed by atoms with van der Waals surface area (Å²) in [6.07, 6.45) is 10.6. The molecule has 1 aliphatic rings. The van der Waals surface area contributed by atoms with E-state index in [9.17, 15) is 0 Å². The molecule has 0 amide bonds. The van der Waals surface area contributed by atoms with Crippen LogP contribution in [0, 0.1) is 5.92 Å². The predicted octanol–water partition coefficient (Wildman–Crippen LogP) is 2.81. The minimum Gasteiger partial charge on any atom is -0.329 e. The van der Waals surface area contributed by atoms with Crippen molar-refractivity contribution in [2.45, 2.75) is 58.5 Å². The van der Waals surface area contributed by atoms with Crippen molar-refractivity contribution in [2.75, 3.05) is 19.6 Å². The summed E-state index contributed by atoms with van der Waals surface area (Å²) in [7, 11) is 0. The maximum Gasteiger partial charge on any atom is 0.0538 e. The summed E-state index contributed by atoms with van der Waals surface area (Å²) in [4.78, 5) is 2.57. The number of nitrogens with two attached hydrogens (primary N) is 1. The van der Waals surface area contributed by atoms with Gasteiger partial charge in [-0.2, -0.15) is 5.10 Å². The first-order valence-corrected chi connectivity index (χ1v) is 8.24. The van der Waals surface area contributed by atoms with Crippen molar-refractivity contribution in [1.82, 2.24) is 14.7 Å². The van der Waals surface area contributed by atoms with Gasteiger partial charge in [0.05, 0.1) is 12.2 Å². The molecular formula is C16H30N4. The standard InChI is InChI=1S/C16H30N4/c1-3-8-20-13-15(12-18-20)16(11-17)19-9-5-6-14(4-2)7-10-19/h12-14,16H,3-11,17H2,1-2H3. The second-order valence-electron chi connectivity index (χ2n) is 6.03. The zero-order chi connectivity index (χ0) is 14.4. The van der Waals surface area contributed by atoms with Gasteiger partial charge in [-0.05, 0) is 44.7 Å². The van der Waals surface area contributed by atoms with Gasteiger partial charge in [-0.3, -0.25) is 9.58 Å². The molecule has 0 bridgehead atoms. The van der Waals surface area contributed by atoms with Crippen LogP contribution >= 0.6 is 0 Å². The van der Waals surface area contributed by atoms with E-state index < -0.39 is 0 Å². The topological polar surface area (TPSA) is 47.1 Å². The molecule has 2 rings (SSSR count). The molecule has 1 aromatic heterocycles. The van der Waals surface area contributed by atoms with Gasteiger partial charge in [-0.1, -0.05) is 20.3 Å². The van der Waals surface area contributed by atoms with Crippen LogP contribution in [-0.4, -0.2) is 34.3 Å². The third kappa shape index (κ3) is 3.83. The highest BCUT2D eigenvalue weighted by Gasteiger charge is 2.23. The predicted molar refractivity (Wildman–Crippen MR) is 83.5 cm³/mol. The molecule has 2 N–H and O–H groups in total. The number of rotatable bonds is 6. The quantitative estimate of drug-likeness (QED) is 0.870. The first-order valence-electron chi connectivity index (χ1n) is 8.24. The number of hydrogen-bond acceptors (Lipinski definition) is 3. The molecule has 20 heavy (non-hydrogen) atoms. The highest BCUT2D eigenvalue weighted by atomic mass is 15.3. The molecule has 0 saturated carbocycles. The van der Waals surface area contributed by atoms with Crippen LogP contribution < -0.4 is 5.73 Å². The number of aryl methyl sites for hydroxylation is 1. The van der Waals surface area contributed by atoms with Gasteiger partial charge < -0.3 is 5.73 Å². The first-order chi connectivity index (χ1) is 9.78. The Kier molecular flexibility index (Phi) is 6.05. The molecule has 4 nitrogen and oxygen atoms in total. The Morgan fingerprint density at radius 1 is 1.35 bits per heavy atom. The largest absolute Gasteiger partial charge is 0.329 e. The molecule has 2 unspecified atom stereocenters. The molecule has 0 aromatic carbocycles. The lowest BCUT2D eigenvalue weighted by atomic mass is 9.98. The van der Waals surface area contributed by atoms with Gasteiger partial charge in [0.25, 0.3) is 0 Å². The number of nitrogens with zero attached hydrogens (tertiary/aromatic N) is 3. The highest BCUT2D eigenvalue weighted by Crippen LogP contribution is 2.26. The van der Waals surface area contributed by atoms with E-state index in [1.807, 2.05) is 10.9 Å².